The molecule has 0 aliphatic heterocycles. The molecule has 0 heteroatoms. The first kappa shape index (κ1) is 15.0. The SMILES string of the molecule is C1=C\CC/C=C\CC/1.c1cc2ccc3cccc4ccc(c1)c2c34. The van der Waals surface area contributed by atoms with Gasteiger partial charge in [0, 0.05) is 0 Å². The van der Waals surface area contributed by atoms with E-state index in [1.165, 1.54) is 58.0 Å². The Balaban J connectivity index is 0.000000155. The fourth-order valence-corrected chi connectivity index (χ4v) is 3.53. The molecule has 0 atom stereocenters. The van der Waals surface area contributed by atoms with Crippen molar-refractivity contribution in [3.05, 3.63) is 85.0 Å². The van der Waals surface area contributed by atoms with Crippen LogP contribution in [0.25, 0.3) is 32.3 Å². The van der Waals surface area contributed by atoms with E-state index in [0.29, 0.717) is 0 Å². The number of benzene rings is 4. The van der Waals surface area contributed by atoms with Gasteiger partial charge in [-0.15, -0.1) is 0 Å². The average Bonchev–Trinajstić information content (AvgIpc) is 2.60. The Kier molecular flexibility index (Phi) is 4.29. The van der Waals surface area contributed by atoms with E-state index < -0.39 is 0 Å². The van der Waals surface area contributed by atoms with Gasteiger partial charge in [-0.3, -0.25) is 0 Å². The summed E-state index contributed by atoms with van der Waals surface area (Å²) in [6, 6.07) is 21.9. The molecule has 0 saturated carbocycles. The molecule has 0 N–H and O–H groups in total. The highest BCUT2D eigenvalue weighted by atomic mass is 14.1. The van der Waals surface area contributed by atoms with E-state index in [4.69, 9.17) is 0 Å². The second-order valence-corrected chi connectivity index (χ2v) is 6.39. The van der Waals surface area contributed by atoms with Crippen molar-refractivity contribution in [2.45, 2.75) is 25.7 Å². The summed E-state index contributed by atoms with van der Waals surface area (Å²) in [6.07, 6.45) is 14.0. The van der Waals surface area contributed by atoms with Crippen molar-refractivity contribution in [3.63, 3.8) is 0 Å². The molecule has 1 aliphatic carbocycles. The lowest BCUT2D eigenvalue weighted by atomic mass is 9.95. The van der Waals surface area contributed by atoms with Crippen molar-refractivity contribution in [1.82, 2.24) is 0 Å². The van der Waals surface area contributed by atoms with Crippen LogP contribution >= 0.6 is 0 Å². The van der Waals surface area contributed by atoms with Crippen molar-refractivity contribution < 1.29 is 0 Å². The molecule has 0 fully saturated rings. The molecule has 0 heterocycles. The maximum absolute atomic E-state index is 2.27. The lowest BCUT2D eigenvalue weighted by Crippen LogP contribution is -1.82. The molecule has 0 saturated heterocycles. The van der Waals surface area contributed by atoms with Crippen LogP contribution in [-0.4, -0.2) is 0 Å². The van der Waals surface area contributed by atoms with E-state index in [0.717, 1.165) is 0 Å². The Morgan fingerprint density at radius 2 is 0.667 bits per heavy atom. The quantitative estimate of drug-likeness (QED) is 0.237. The zero-order chi connectivity index (χ0) is 16.2. The van der Waals surface area contributed by atoms with Gasteiger partial charge in [-0.25, -0.2) is 0 Å². The van der Waals surface area contributed by atoms with Crippen LogP contribution in [0.15, 0.2) is 85.0 Å². The average molecular weight is 310 g/mol. The molecule has 118 valence electrons. The highest BCUT2D eigenvalue weighted by Gasteiger charge is 2.05. The summed E-state index contributed by atoms with van der Waals surface area (Å²) < 4.78 is 0. The number of hydrogen-bond donors (Lipinski definition) is 0. The van der Waals surface area contributed by atoms with Gasteiger partial charge < -0.3 is 0 Å². The van der Waals surface area contributed by atoms with Gasteiger partial charge in [0.05, 0.1) is 0 Å². The van der Waals surface area contributed by atoms with Crippen molar-refractivity contribution in [1.29, 1.82) is 0 Å². The van der Waals surface area contributed by atoms with Crippen LogP contribution in [-0.2, 0) is 0 Å². The highest BCUT2D eigenvalue weighted by molar-refractivity contribution is 6.22. The fourth-order valence-electron chi connectivity index (χ4n) is 3.53. The Morgan fingerprint density at radius 1 is 0.375 bits per heavy atom. The molecule has 0 radical (unpaired) electrons. The molecule has 0 aromatic heterocycles. The van der Waals surface area contributed by atoms with Crippen LogP contribution in [0.1, 0.15) is 25.7 Å². The minimum Gasteiger partial charge on any atom is -0.0882 e. The second-order valence-electron chi connectivity index (χ2n) is 6.39. The Hall–Kier alpha value is -2.60. The van der Waals surface area contributed by atoms with Crippen LogP contribution < -0.4 is 0 Å². The minimum absolute atomic E-state index is 1.23. The maximum atomic E-state index is 2.27. The molecular formula is C24H22. The monoisotopic (exact) mass is 310 g/mol. The van der Waals surface area contributed by atoms with Gasteiger partial charge in [-0.1, -0.05) is 85.0 Å². The molecular weight excluding hydrogens is 288 g/mol. The number of hydrogen-bond acceptors (Lipinski definition) is 0. The molecule has 0 nitrogen and oxygen atoms in total. The van der Waals surface area contributed by atoms with Crippen LogP contribution in [0.2, 0.25) is 0 Å². The summed E-state index contributed by atoms with van der Waals surface area (Å²) in [4.78, 5) is 0. The van der Waals surface area contributed by atoms with E-state index in [9.17, 15) is 0 Å². The Labute approximate surface area is 143 Å². The van der Waals surface area contributed by atoms with E-state index in [1.807, 2.05) is 0 Å². The predicted octanol–water partition coefficient (Wildman–Crippen LogP) is 7.26. The van der Waals surface area contributed by atoms with Gasteiger partial charge in [0.2, 0.25) is 0 Å². The predicted molar refractivity (Wildman–Crippen MR) is 107 cm³/mol. The van der Waals surface area contributed by atoms with Crippen molar-refractivity contribution in [2.24, 2.45) is 0 Å². The number of rotatable bonds is 0. The standard InChI is InChI=1S/C16H10.C8H12/c1-3-11-7-9-13-5-2-6-14-10-8-12(4-1)15(11)16(13)14;1-2-4-6-8-7-5-3-1/h1-10H;1-2,7-8H,3-6H2/b;2-1-,8-7-. The topological polar surface area (TPSA) is 0 Å². The fraction of sp³-hybridized carbons (Fsp3) is 0.167. The Bertz CT molecular complexity index is 848. The third kappa shape index (κ3) is 2.92. The Morgan fingerprint density at radius 3 is 0.958 bits per heavy atom. The highest BCUT2D eigenvalue weighted by Crippen LogP contribution is 2.33. The minimum atomic E-state index is 1.23. The smallest absolute Gasteiger partial charge is 0.00268 e. The molecule has 4 aromatic rings. The van der Waals surface area contributed by atoms with Gasteiger partial charge in [-0.2, -0.15) is 0 Å². The third-order valence-electron chi connectivity index (χ3n) is 4.73. The van der Waals surface area contributed by atoms with Gasteiger partial charge in [0.1, 0.15) is 0 Å². The van der Waals surface area contributed by atoms with E-state index >= 15 is 0 Å². The zero-order valence-electron chi connectivity index (χ0n) is 13.9. The van der Waals surface area contributed by atoms with E-state index in [-0.39, 0.29) is 0 Å². The summed E-state index contributed by atoms with van der Waals surface area (Å²) in [5, 5.41) is 8.14. The first-order valence-electron chi connectivity index (χ1n) is 8.86. The molecule has 0 unspecified atom stereocenters. The largest absolute Gasteiger partial charge is 0.0882 e. The normalized spacial score (nSPS) is 17.2. The summed E-state index contributed by atoms with van der Waals surface area (Å²) in [5.74, 6) is 0. The van der Waals surface area contributed by atoms with Gasteiger partial charge in [0.15, 0.2) is 0 Å². The molecule has 0 amide bonds. The molecule has 4 aromatic carbocycles. The van der Waals surface area contributed by atoms with Crippen LogP contribution in [0.3, 0.4) is 0 Å². The molecule has 1 aliphatic rings. The van der Waals surface area contributed by atoms with Gasteiger partial charge in [0.25, 0.3) is 0 Å². The second kappa shape index (κ2) is 6.88. The summed E-state index contributed by atoms with van der Waals surface area (Å²) in [6.45, 7) is 0. The molecule has 0 bridgehead atoms. The van der Waals surface area contributed by atoms with Gasteiger partial charge in [-0.05, 0) is 58.0 Å². The van der Waals surface area contributed by atoms with E-state index in [1.54, 1.807) is 0 Å². The number of allylic oxidation sites excluding steroid dienone is 4. The molecule has 24 heavy (non-hydrogen) atoms. The van der Waals surface area contributed by atoms with Gasteiger partial charge >= 0.3 is 0 Å². The molecule has 0 spiro atoms. The summed E-state index contributed by atoms with van der Waals surface area (Å²) >= 11 is 0. The van der Waals surface area contributed by atoms with Crippen molar-refractivity contribution in [3.8, 4) is 0 Å². The van der Waals surface area contributed by atoms with Crippen LogP contribution in [0, 0.1) is 0 Å². The first-order valence-corrected chi connectivity index (χ1v) is 8.86. The summed E-state index contributed by atoms with van der Waals surface area (Å²) in [5.41, 5.74) is 0. The summed E-state index contributed by atoms with van der Waals surface area (Å²) in [7, 11) is 0. The van der Waals surface area contributed by atoms with Crippen molar-refractivity contribution in [2.75, 3.05) is 0 Å². The maximum Gasteiger partial charge on any atom is -0.00268 e. The zero-order valence-corrected chi connectivity index (χ0v) is 13.9. The third-order valence-corrected chi connectivity index (χ3v) is 4.73. The van der Waals surface area contributed by atoms with Crippen molar-refractivity contribution >= 4 is 32.3 Å². The lowest BCUT2D eigenvalue weighted by Gasteiger charge is -2.09. The van der Waals surface area contributed by atoms with E-state index in [2.05, 4.69) is 85.0 Å². The first-order chi connectivity index (χ1) is 11.9. The van der Waals surface area contributed by atoms with Crippen LogP contribution in [0.5, 0.6) is 0 Å². The molecule has 5 rings (SSSR count). The van der Waals surface area contributed by atoms with Crippen LogP contribution in [0.4, 0.5) is 0 Å². The lowest BCUT2D eigenvalue weighted by molar-refractivity contribution is 0.962.